The number of oxime groups is 1. The molecular weight excluding hydrogens is 272 g/mol. The van der Waals surface area contributed by atoms with Crippen LogP contribution in [0.2, 0.25) is 0 Å². The molecule has 21 heavy (non-hydrogen) atoms. The van der Waals surface area contributed by atoms with Crippen LogP contribution in [-0.4, -0.2) is 29.4 Å². The second-order valence-corrected chi connectivity index (χ2v) is 4.63. The molecular formula is C14H20N4O3. The van der Waals surface area contributed by atoms with Gasteiger partial charge in [-0.3, -0.25) is 9.59 Å². The lowest BCUT2D eigenvalue weighted by molar-refractivity contribution is -0.123. The summed E-state index contributed by atoms with van der Waals surface area (Å²) in [6, 6.07) is 9.29. The number of amidine groups is 1. The van der Waals surface area contributed by atoms with Crippen molar-refractivity contribution in [1.82, 2.24) is 5.32 Å². The number of amides is 2. The standard InChI is InChI=1S/C14H20N4O3/c15-12(19)7-4-8-17-14(20)11(13(16)18-21)9-10-5-2-1-3-6-10/h1-3,5-6,11,21H,4,7-9H2,(H2,15,19)(H2,16,18)(H,17,20). The normalized spacial score (nSPS) is 12.7. The molecule has 1 rings (SSSR count). The van der Waals surface area contributed by atoms with Crippen molar-refractivity contribution < 1.29 is 14.8 Å². The predicted molar refractivity (Wildman–Crippen MR) is 78.5 cm³/mol. The van der Waals surface area contributed by atoms with Crippen LogP contribution in [0, 0.1) is 5.92 Å². The summed E-state index contributed by atoms with van der Waals surface area (Å²) in [5, 5.41) is 14.4. The summed E-state index contributed by atoms with van der Waals surface area (Å²) in [7, 11) is 0. The molecule has 7 nitrogen and oxygen atoms in total. The largest absolute Gasteiger partial charge is 0.409 e. The Morgan fingerprint density at radius 2 is 1.90 bits per heavy atom. The summed E-state index contributed by atoms with van der Waals surface area (Å²) in [4.78, 5) is 22.7. The fraction of sp³-hybridized carbons (Fsp3) is 0.357. The molecule has 0 fully saturated rings. The number of benzene rings is 1. The van der Waals surface area contributed by atoms with Gasteiger partial charge in [-0.1, -0.05) is 35.5 Å². The third-order valence-electron chi connectivity index (χ3n) is 2.97. The summed E-state index contributed by atoms with van der Waals surface area (Å²) in [5.74, 6) is -1.67. The van der Waals surface area contributed by atoms with Crippen molar-refractivity contribution in [1.29, 1.82) is 0 Å². The van der Waals surface area contributed by atoms with E-state index in [4.69, 9.17) is 16.7 Å². The van der Waals surface area contributed by atoms with E-state index in [0.29, 0.717) is 19.4 Å². The third-order valence-corrected chi connectivity index (χ3v) is 2.97. The van der Waals surface area contributed by atoms with Crippen molar-refractivity contribution in [2.75, 3.05) is 6.54 Å². The molecule has 0 spiro atoms. The Kier molecular flexibility index (Phi) is 6.73. The molecule has 0 aliphatic heterocycles. The van der Waals surface area contributed by atoms with Gasteiger partial charge in [-0.05, 0) is 18.4 Å². The van der Waals surface area contributed by atoms with Gasteiger partial charge in [0.05, 0.1) is 0 Å². The van der Waals surface area contributed by atoms with Crippen LogP contribution in [0.25, 0.3) is 0 Å². The SMILES string of the molecule is NC(=O)CCCNC(=O)C(Cc1ccccc1)C(N)=NO. The number of rotatable bonds is 8. The fourth-order valence-electron chi connectivity index (χ4n) is 1.85. The lowest BCUT2D eigenvalue weighted by atomic mass is 9.97. The Balaban J connectivity index is 2.61. The van der Waals surface area contributed by atoms with Crippen LogP contribution in [0.5, 0.6) is 0 Å². The Bertz CT molecular complexity index is 502. The minimum Gasteiger partial charge on any atom is -0.409 e. The molecule has 0 aliphatic rings. The van der Waals surface area contributed by atoms with E-state index in [1.165, 1.54) is 0 Å². The van der Waals surface area contributed by atoms with E-state index in [1.54, 1.807) is 0 Å². The van der Waals surface area contributed by atoms with Gasteiger partial charge in [-0.2, -0.15) is 0 Å². The van der Waals surface area contributed by atoms with Crippen LogP contribution in [-0.2, 0) is 16.0 Å². The second kappa shape index (κ2) is 8.57. The Morgan fingerprint density at radius 3 is 2.48 bits per heavy atom. The van der Waals surface area contributed by atoms with Crippen LogP contribution in [0.15, 0.2) is 35.5 Å². The molecule has 2 amide bonds. The van der Waals surface area contributed by atoms with Crippen molar-refractivity contribution in [3.63, 3.8) is 0 Å². The van der Waals surface area contributed by atoms with Crippen molar-refractivity contribution in [3.8, 4) is 0 Å². The van der Waals surface area contributed by atoms with Gasteiger partial charge in [0, 0.05) is 13.0 Å². The number of nitrogens with one attached hydrogen (secondary N) is 1. The van der Waals surface area contributed by atoms with Crippen molar-refractivity contribution >= 4 is 17.6 Å². The molecule has 0 saturated heterocycles. The second-order valence-electron chi connectivity index (χ2n) is 4.63. The first kappa shape index (κ1) is 16.5. The van der Waals surface area contributed by atoms with Crippen molar-refractivity contribution in [3.05, 3.63) is 35.9 Å². The zero-order valence-electron chi connectivity index (χ0n) is 11.7. The molecule has 0 radical (unpaired) electrons. The summed E-state index contributed by atoms with van der Waals surface area (Å²) >= 11 is 0. The minimum absolute atomic E-state index is 0.147. The van der Waals surface area contributed by atoms with Crippen LogP contribution in [0.3, 0.4) is 0 Å². The summed E-state index contributed by atoms with van der Waals surface area (Å²) in [6.45, 7) is 0.311. The molecule has 0 saturated carbocycles. The lowest BCUT2D eigenvalue weighted by Crippen LogP contribution is -2.40. The summed E-state index contributed by atoms with van der Waals surface area (Å²) in [5.41, 5.74) is 11.5. The van der Waals surface area contributed by atoms with Crippen LogP contribution in [0.4, 0.5) is 0 Å². The maximum atomic E-state index is 12.1. The first-order valence-corrected chi connectivity index (χ1v) is 6.62. The zero-order chi connectivity index (χ0) is 15.7. The summed E-state index contributed by atoms with van der Waals surface area (Å²) < 4.78 is 0. The number of carbonyl (C=O) groups excluding carboxylic acids is 2. The van der Waals surface area contributed by atoms with Gasteiger partial charge in [0.25, 0.3) is 0 Å². The maximum Gasteiger partial charge on any atom is 0.231 e. The van der Waals surface area contributed by atoms with E-state index in [1.807, 2.05) is 30.3 Å². The summed E-state index contributed by atoms with van der Waals surface area (Å²) in [6.07, 6.45) is 0.987. The highest BCUT2D eigenvalue weighted by Gasteiger charge is 2.23. The average molecular weight is 292 g/mol. The van der Waals surface area contributed by atoms with Gasteiger partial charge < -0.3 is 22.0 Å². The van der Waals surface area contributed by atoms with Gasteiger partial charge in [0.1, 0.15) is 5.92 Å². The molecule has 0 aliphatic carbocycles. The highest BCUT2D eigenvalue weighted by atomic mass is 16.4. The molecule has 1 unspecified atom stereocenters. The number of nitrogens with two attached hydrogens (primary N) is 2. The van der Waals surface area contributed by atoms with Gasteiger partial charge in [0.15, 0.2) is 5.84 Å². The maximum absolute atomic E-state index is 12.1. The van der Waals surface area contributed by atoms with Crippen LogP contribution < -0.4 is 16.8 Å². The van der Waals surface area contributed by atoms with E-state index in [2.05, 4.69) is 10.5 Å². The quantitative estimate of drug-likeness (QED) is 0.176. The Labute approximate surface area is 123 Å². The predicted octanol–water partition coefficient (Wildman–Crippen LogP) is -0.0266. The minimum atomic E-state index is -0.758. The molecule has 1 atom stereocenters. The number of nitrogens with zero attached hydrogens (tertiary/aromatic N) is 1. The molecule has 1 aromatic rings. The molecule has 114 valence electrons. The monoisotopic (exact) mass is 292 g/mol. The molecule has 0 heterocycles. The number of primary amides is 1. The highest BCUT2D eigenvalue weighted by molar-refractivity contribution is 6.02. The fourth-order valence-corrected chi connectivity index (χ4v) is 1.85. The van der Waals surface area contributed by atoms with Crippen molar-refractivity contribution in [2.24, 2.45) is 22.5 Å². The first-order chi connectivity index (χ1) is 10.0. The van der Waals surface area contributed by atoms with E-state index in [-0.39, 0.29) is 18.2 Å². The van der Waals surface area contributed by atoms with Gasteiger partial charge in [0.2, 0.25) is 11.8 Å². The van der Waals surface area contributed by atoms with Gasteiger partial charge in [-0.15, -0.1) is 0 Å². The molecule has 6 N–H and O–H groups in total. The van der Waals surface area contributed by atoms with Crippen LogP contribution in [0.1, 0.15) is 18.4 Å². The number of carbonyl (C=O) groups is 2. The topological polar surface area (TPSA) is 131 Å². The Hall–Kier alpha value is -2.57. The smallest absolute Gasteiger partial charge is 0.231 e. The molecule has 0 bridgehead atoms. The van der Waals surface area contributed by atoms with E-state index in [0.717, 1.165) is 5.56 Å². The number of hydrogen-bond donors (Lipinski definition) is 4. The number of hydrogen-bond acceptors (Lipinski definition) is 4. The molecule has 1 aromatic carbocycles. The lowest BCUT2D eigenvalue weighted by Gasteiger charge is -2.15. The highest BCUT2D eigenvalue weighted by Crippen LogP contribution is 2.09. The van der Waals surface area contributed by atoms with Gasteiger partial charge >= 0.3 is 0 Å². The van der Waals surface area contributed by atoms with E-state index >= 15 is 0 Å². The van der Waals surface area contributed by atoms with E-state index < -0.39 is 11.8 Å². The molecule has 7 heteroatoms. The van der Waals surface area contributed by atoms with Gasteiger partial charge in [-0.25, -0.2) is 0 Å². The Morgan fingerprint density at radius 1 is 1.24 bits per heavy atom. The van der Waals surface area contributed by atoms with Crippen molar-refractivity contribution in [2.45, 2.75) is 19.3 Å². The average Bonchev–Trinajstić information content (AvgIpc) is 2.49. The first-order valence-electron chi connectivity index (χ1n) is 6.62. The van der Waals surface area contributed by atoms with Crippen LogP contribution >= 0.6 is 0 Å². The van der Waals surface area contributed by atoms with E-state index in [9.17, 15) is 9.59 Å². The molecule has 0 aromatic heterocycles. The zero-order valence-corrected chi connectivity index (χ0v) is 11.7. The third kappa shape index (κ3) is 5.94.